The molecule has 0 saturated carbocycles. The molecule has 94 valence electrons. The van der Waals surface area contributed by atoms with Crippen molar-refractivity contribution in [3.8, 4) is 0 Å². The molecular formula is C10H13BrN2O3S. The normalized spacial score (nSPS) is 10.5. The van der Waals surface area contributed by atoms with Crippen LogP contribution < -0.4 is 5.32 Å². The van der Waals surface area contributed by atoms with Crippen LogP contribution in [0.15, 0.2) is 15.9 Å². The van der Waals surface area contributed by atoms with E-state index < -0.39 is 5.97 Å². The van der Waals surface area contributed by atoms with E-state index in [0.717, 1.165) is 8.66 Å². The van der Waals surface area contributed by atoms with Gasteiger partial charge in [-0.2, -0.15) is 0 Å². The minimum Gasteiger partial charge on any atom is -0.480 e. The number of likely N-dealkylation sites (N-methyl/N-ethyl adjacent to an activating group) is 1. The summed E-state index contributed by atoms with van der Waals surface area (Å²) in [6, 6.07) is 3.94. The van der Waals surface area contributed by atoms with E-state index in [-0.39, 0.29) is 19.0 Å². The van der Waals surface area contributed by atoms with E-state index in [4.69, 9.17) is 5.11 Å². The van der Waals surface area contributed by atoms with Crippen LogP contribution in [0.5, 0.6) is 0 Å². The van der Waals surface area contributed by atoms with Crippen molar-refractivity contribution < 1.29 is 14.7 Å². The van der Waals surface area contributed by atoms with Crippen molar-refractivity contribution >= 4 is 39.1 Å². The lowest BCUT2D eigenvalue weighted by Crippen LogP contribution is -2.37. The summed E-state index contributed by atoms with van der Waals surface area (Å²) >= 11 is 4.98. The highest BCUT2D eigenvalue weighted by atomic mass is 79.9. The van der Waals surface area contributed by atoms with Gasteiger partial charge in [-0.25, -0.2) is 0 Å². The highest BCUT2D eigenvalue weighted by molar-refractivity contribution is 9.11. The lowest BCUT2D eigenvalue weighted by atomic mass is 10.4. The molecule has 0 atom stereocenters. The van der Waals surface area contributed by atoms with Crippen LogP contribution in [-0.2, 0) is 16.1 Å². The van der Waals surface area contributed by atoms with Gasteiger partial charge in [-0.3, -0.25) is 14.5 Å². The first-order chi connectivity index (χ1) is 7.97. The Morgan fingerprint density at radius 2 is 2.24 bits per heavy atom. The number of amides is 1. The van der Waals surface area contributed by atoms with Gasteiger partial charge < -0.3 is 10.4 Å². The number of aliphatic carboxylic acids is 1. The summed E-state index contributed by atoms with van der Waals surface area (Å²) in [6.07, 6.45) is 0. The fraction of sp³-hybridized carbons (Fsp3) is 0.400. The Labute approximate surface area is 112 Å². The Bertz CT molecular complexity index is 408. The van der Waals surface area contributed by atoms with Crippen LogP contribution in [0, 0.1) is 0 Å². The second kappa shape index (κ2) is 6.73. The van der Waals surface area contributed by atoms with Crippen LogP contribution in [-0.4, -0.2) is 42.0 Å². The number of halogens is 1. The third-order valence-corrected chi connectivity index (χ3v) is 3.51. The molecule has 0 aliphatic heterocycles. The molecule has 0 spiro atoms. The molecule has 7 heteroatoms. The number of nitrogens with one attached hydrogen (secondary N) is 1. The van der Waals surface area contributed by atoms with Crippen LogP contribution in [0.4, 0.5) is 0 Å². The van der Waals surface area contributed by atoms with Crippen LogP contribution in [0.2, 0.25) is 0 Å². The molecular weight excluding hydrogens is 308 g/mol. The second-order valence-corrected chi connectivity index (χ2v) is 6.10. The van der Waals surface area contributed by atoms with E-state index >= 15 is 0 Å². The SMILES string of the molecule is CN(CC(=O)NCC(=O)O)Cc1ccc(Br)s1. The number of carboxylic acid groups (broad SMARTS) is 1. The van der Waals surface area contributed by atoms with Gasteiger partial charge in [0.15, 0.2) is 0 Å². The molecule has 0 aliphatic carbocycles. The van der Waals surface area contributed by atoms with Crippen molar-refractivity contribution in [2.24, 2.45) is 0 Å². The number of hydrogen-bond donors (Lipinski definition) is 2. The Hall–Kier alpha value is -0.920. The molecule has 0 fully saturated rings. The predicted octanol–water partition coefficient (Wildman–Crippen LogP) is 1.14. The molecule has 2 N–H and O–H groups in total. The van der Waals surface area contributed by atoms with Gasteiger partial charge in [0.05, 0.1) is 10.3 Å². The standard InChI is InChI=1S/C10H13BrN2O3S/c1-13(5-7-2-3-8(11)17-7)6-9(14)12-4-10(15)16/h2-3H,4-6H2,1H3,(H,12,14)(H,15,16). The zero-order valence-electron chi connectivity index (χ0n) is 9.27. The second-order valence-electron chi connectivity index (χ2n) is 3.55. The van der Waals surface area contributed by atoms with Crippen molar-refractivity contribution in [1.29, 1.82) is 0 Å². The third-order valence-electron chi connectivity index (χ3n) is 1.90. The smallest absolute Gasteiger partial charge is 0.322 e. The summed E-state index contributed by atoms with van der Waals surface area (Å²) < 4.78 is 1.05. The van der Waals surface area contributed by atoms with Crippen LogP contribution in [0.25, 0.3) is 0 Å². The van der Waals surface area contributed by atoms with Crippen LogP contribution >= 0.6 is 27.3 Å². The third kappa shape index (κ3) is 5.81. The molecule has 0 aliphatic rings. The first kappa shape index (κ1) is 14.1. The average molecular weight is 321 g/mol. The Morgan fingerprint density at radius 1 is 1.53 bits per heavy atom. The molecule has 0 aromatic carbocycles. The van der Waals surface area contributed by atoms with E-state index in [2.05, 4.69) is 21.2 Å². The first-order valence-electron chi connectivity index (χ1n) is 4.88. The summed E-state index contributed by atoms with van der Waals surface area (Å²) in [7, 11) is 1.81. The highest BCUT2D eigenvalue weighted by Gasteiger charge is 2.09. The molecule has 1 aromatic rings. The molecule has 1 heterocycles. The fourth-order valence-electron chi connectivity index (χ4n) is 1.23. The number of carboxylic acids is 1. The predicted molar refractivity (Wildman–Crippen MR) is 69.0 cm³/mol. The monoisotopic (exact) mass is 320 g/mol. The summed E-state index contributed by atoms with van der Waals surface area (Å²) in [4.78, 5) is 24.6. The lowest BCUT2D eigenvalue weighted by molar-refractivity contribution is -0.138. The maximum absolute atomic E-state index is 11.3. The zero-order valence-corrected chi connectivity index (χ0v) is 11.7. The first-order valence-corrected chi connectivity index (χ1v) is 6.49. The van der Waals surface area contributed by atoms with Gasteiger partial charge in [0, 0.05) is 11.4 Å². The maximum Gasteiger partial charge on any atom is 0.322 e. The molecule has 5 nitrogen and oxygen atoms in total. The molecule has 1 amide bonds. The fourth-order valence-corrected chi connectivity index (χ4v) is 2.80. The van der Waals surface area contributed by atoms with Gasteiger partial charge in [0.2, 0.25) is 5.91 Å². The van der Waals surface area contributed by atoms with Crippen molar-refractivity contribution in [1.82, 2.24) is 10.2 Å². The van der Waals surface area contributed by atoms with Crippen molar-refractivity contribution in [2.45, 2.75) is 6.54 Å². The molecule has 1 rings (SSSR count). The molecule has 17 heavy (non-hydrogen) atoms. The summed E-state index contributed by atoms with van der Waals surface area (Å²) in [5.74, 6) is -1.33. The highest BCUT2D eigenvalue weighted by Crippen LogP contribution is 2.22. The van der Waals surface area contributed by atoms with Crippen LogP contribution in [0.3, 0.4) is 0 Å². The van der Waals surface area contributed by atoms with Gasteiger partial charge in [0.1, 0.15) is 6.54 Å². The van der Waals surface area contributed by atoms with E-state index in [0.29, 0.717) is 6.54 Å². The Kier molecular flexibility index (Phi) is 5.60. The molecule has 0 saturated heterocycles. The minimum atomic E-state index is -1.04. The van der Waals surface area contributed by atoms with Gasteiger partial charge in [-0.15, -0.1) is 11.3 Å². The van der Waals surface area contributed by atoms with E-state index in [1.54, 1.807) is 11.3 Å². The number of thiophene rings is 1. The zero-order chi connectivity index (χ0) is 12.8. The summed E-state index contributed by atoms with van der Waals surface area (Å²) in [5.41, 5.74) is 0. The number of carbonyl (C=O) groups is 2. The number of carbonyl (C=O) groups excluding carboxylic acids is 1. The molecule has 1 aromatic heterocycles. The molecule has 0 bridgehead atoms. The van der Waals surface area contributed by atoms with Crippen molar-refractivity contribution in [2.75, 3.05) is 20.1 Å². The number of hydrogen-bond acceptors (Lipinski definition) is 4. The van der Waals surface area contributed by atoms with Gasteiger partial charge in [0.25, 0.3) is 0 Å². The largest absolute Gasteiger partial charge is 0.480 e. The minimum absolute atomic E-state index is 0.183. The maximum atomic E-state index is 11.3. The Balaban J connectivity index is 2.31. The van der Waals surface area contributed by atoms with E-state index in [1.807, 2.05) is 24.1 Å². The number of nitrogens with zero attached hydrogens (tertiary/aromatic N) is 1. The van der Waals surface area contributed by atoms with Gasteiger partial charge >= 0.3 is 5.97 Å². The average Bonchev–Trinajstić information content (AvgIpc) is 2.60. The molecule has 0 unspecified atom stereocenters. The van der Waals surface area contributed by atoms with Gasteiger partial charge in [-0.1, -0.05) is 0 Å². The summed E-state index contributed by atoms with van der Waals surface area (Å²) in [5, 5.41) is 10.7. The van der Waals surface area contributed by atoms with Crippen molar-refractivity contribution in [3.63, 3.8) is 0 Å². The van der Waals surface area contributed by atoms with E-state index in [9.17, 15) is 9.59 Å². The van der Waals surface area contributed by atoms with Gasteiger partial charge in [-0.05, 0) is 35.1 Å². The quantitative estimate of drug-likeness (QED) is 0.824. The number of rotatable bonds is 6. The summed E-state index contributed by atoms with van der Waals surface area (Å²) in [6.45, 7) is 0.511. The lowest BCUT2D eigenvalue weighted by Gasteiger charge is -2.14. The van der Waals surface area contributed by atoms with Crippen molar-refractivity contribution in [3.05, 3.63) is 20.8 Å². The Morgan fingerprint density at radius 3 is 2.76 bits per heavy atom. The topological polar surface area (TPSA) is 69.6 Å². The molecule has 0 radical (unpaired) electrons. The van der Waals surface area contributed by atoms with Crippen LogP contribution in [0.1, 0.15) is 4.88 Å². The van der Waals surface area contributed by atoms with E-state index in [1.165, 1.54) is 0 Å².